The molecule has 0 fully saturated rings. The predicted octanol–water partition coefficient (Wildman–Crippen LogP) is 1.31. The second-order valence-corrected chi connectivity index (χ2v) is 4.47. The lowest BCUT2D eigenvalue weighted by Crippen LogP contribution is -2.37. The molecule has 0 aliphatic heterocycles. The molecule has 0 aliphatic carbocycles. The summed E-state index contributed by atoms with van der Waals surface area (Å²) in [6, 6.07) is 4.97. The van der Waals surface area contributed by atoms with Gasteiger partial charge in [-0.25, -0.2) is 9.49 Å². The summed E-state index contributed by atoms with van der Waals surface area (Å²) in [5.41, 5.74) is 0.227. The molecule has 0 bridgehead atoms. The van der Waals surface area contributed by atoms with Crippen LogP contribution >= 0.6 is 0 Å². The van der Waals surface area contributed by atoms with Crippen LogP contribution in [-0.2, 0) is 4.79 Å². The SMILES string of the molecule is CC(CN(C(=O)c1ccc(F)cc1)c1ncn[nH]1)C(=O)O. The molecule has 0 saturated heterocycles. The molecule has 1 aromatic carbocycles. The van der Waals surface area contributed by atoms with Gasteiger partial charge in [-0.2, -0.15) is 10.1 Å². The van der Waals surface area contributed by atoms with Crippen LogP contribution in [0.1, 0.15) is 17.3 Å². The Bertz CT molecular complexity index is 627. The van der Waals surface area contributed by atoms with E-state index >= 15 is 0 Å². The van der Waals surface area contributed by atoms with Crippen molar-refractivity contribution in [3.8, 4) is 0 Å². The van der Waals surface area contributed by atoms with Crippen molar-refractivity contribution in [2.75, 3.05) is 11.4 Å². The number of rotatable bonds is 5. The molecule has 1 unspecified atom stereocenters. The van der Waals surface area contributed by atoms with Crippen LogP contribution < -0.4 is 4.90 Å². The second kappa shape index (κ2) is 6.12. The molecular weight excluding hydrogens is 279 g/mol. The van der Waals surface area contributed by atoms with Crippen molar-refractivity contribution in [3.05, 3.63) is 42.0 Å². The molecule has 0 saturated carbocycles. The van der Waals surface area contributed by atoms with E-state index in [1.807, 2.05) is 0 Å². The monoisotopic (exact) mass is 292 g/mol. The van der Waals surface area contributed by atoms with Crippen LogP contribution in [0.3, 0.4) is 0 Å². The van der Waals surface area contributed by atoms with Crippen molar-refractivity contribution in [1.82, 2.24) is 15.2 Å². The zero-order valence-electron chi connectivity index (χ0n) is 11.2. The Morgan fingerprint density at radius 2 is 2.05 bits per heavy atom. The highest BCUT2D eigenvalue weighted by molar-refractivity contribution is 6.05. The van der Waals surface area contributed by atoms with Gasteiger partial charge in [0.15, 0.2) is 0 Å². The zero-order valence-corrected chi connectivity index (χ0v) is 11.2. The average molecular weight is 292 g/mol. The van der Waals surface area contributed by atoms with Crippen molar-refractivity contribution in [2.45, 2.75) is 6.92 Å². The van der Waals surface area contributed by atoms with Crippen LogP contribution in [0, 0.1) is 11.7 Å². The third kappa shape index (κ3) is 3.41. The van der Waals surface area contributed by atoms with Gasteiger partial charge in [0.2, 0.25) is 5.95 Å². The highest BCUT2D eigenvalue weighted by Gasteiger charge is 2.25. The molecule has 110 valence electrons. The van der Waals surface area contributed by atoms with E-state index in [9.17, 15) is 14.0 Å². The number of aromatic nitrogens is 3. The number of benzene rings is 1. The number of halogens is 1. The Hall–Kier alpha value is -2.77. The Kier molecular flexibility index (Phi) is 4.27. The summed E-state index contributed by atoms with van der Waals surface area (Å²) in [6.45, 7) is 1.39. The molecule has 7 nitrogen and oxygen atoms in total. The number of H-pyrrole nitrogens is 1. The van der Waals surface area contributed by atoms with E-state index < -0.39 is 23.6 Å². The first-order valence-corrected chi connectivity index (χ1v) is 6.14. The van der Waals surface area contributed by atoms with Crippen LogP contribution in [0.4, 0.5) is 10.3 Å². The minimum atomic E-state index is -1.04. The van der Waals surface area contributed by atoms with Gasteiger partial charge in [0.1, 0.15) is 12.1 Å². The number of carbonyl (C=O) groups excluding carboxylic acids is 1. The van der Waals surface area contributed by atoms with Crippen LogP contribution in [0.15, 0.2) is 30.6 Å². The molecule has 21 heavy (non-hydrogen) atoms. The Morgan fingerprint density at radius 1 is 1.38 bits per heavy atom. The summed E-state index contributed by atoms with van der Waals surface area (Å²) < 4.78 is 12.9. The maximum atomic E-state index is 12.9. The number of nitrogens with zero attached hydrogens (tertiary/aromatic N) is 3. The molecule has 2 N–H and O–H groups in total. The van der Waals surface area contributed by atoms with Gasteiger partial charge in [0.05, 0.1) is 5.92 Å². The second-order valence-electron chi connectivity index (χ2n) is 4.47. The third-order valence-corrected chi connectivity index (χ3v) is 2.87. The molecule has 1 amide bonds. The van der Waals surface area contributed by atoms with Gasteiger partial charge in [-0.3, -0.25) is 14.5 Å². The summed E-state index contributed by atoms with van der Waals surface area (Å²) in [6.07, 6.45) is 1.21. The van der Waals surface area contributed by atoms with Gasteiger partial charge >= 0.3 is 5.97 Å². The van der Waals surface area contributed by atoms with Gasteiger partial charge < -0.3 is 5.11 Å². The van der Waals surface area contributed by atoms with E-state index in [2.05, 4.69) is 15.2 Å². The minimum absolute atomic E-state index is 0.0826. The van der Waals surface area contributed by atoms with E-state index in [4.69, 9.17) is 5.11 Å². The highest BCUT2D eigenvalue weighted by Crippen LogP contribution is 2.14. The topological polar surface area (TPSA) is 99.2 Å². The summed E-state index contributed by atoms with van der Waals surface area (Å²) in [4.78, 5) is 28.4. The molecule has 8 heteroatoms. The van der Waals surface area contributed by atoms with Crippen LogP contribution in [0.2, 0.25) is 0 Å². The molecule has 0 aliphatic rings. The smallest absolute Gasteiger partial charge is 0.308 e. The van der Waals surface area contributed by atoms with E-state index in [-0.39, 0.29) is 18.1 Å². The first-order chi connectivity index (χ1) is 9.99. The van der Waals surface area contributed by atoms with Crippen molar-refractivity contribution in [3.63, 3.8) is 0 Å². The predicted molar refractivity (Wildman–Crippen MR) is 71.3 cm³/mol. The van der Waals surface area contributed by atoms with E-state index in [0.717, 1.165) is 12.1 Å². The van der Waals surface area contributed by atoms with E-state index in [1.165, 1.54) is 30.3 Å². The number of nitrogens with one attached hydrogen (secondary N) is 1. The van der Waals surface area contributed by atoms with Crippen LogP contribution in [0.5, 0.6) is 0 Å². The van der Waals surface area contributed by atoms with Crippen molar-refractivity contribution in [1.29, 1.82) is 0 Å². The van der Waals surface area contributed by atoms with E-state index in [0.29, 0.717) is 0 Å². The molecule has 0 radical (unpaired) electrons. The Balaban J connectivity index is 2.28. The van der Waals surface area contributed by atoms with Crippen molar-refractivity contribution >= 4 is 17.8 Å². The summed E-state index contributed by atoms with van der Waals surface area (Å²) >= 11 is 0. The van der Waals surface area contributed by atoms with Crippen LogP contribution in [0.25, 0.3) is 0 Å². The standard InChI is InChI=1S/C13H13FN4O3/c1-8(12(20)21)6-18(13-15-7-16-17-13)11(19)9-2-4-10(14)5-3-9/h2-5,7-8H,6H2,1H3,(H,20,21)(H,15,16,17). The third-order valence-electron chi connectivity index (χ3n) is 2.87. The van der Waals surface area contributed by atoms with Gasteiger partial charge in [0, 0.05) is 12.1 Å². The summed E-state index contributed by atoms with van der Waals surface area (Å²) in [5, 5.41) is 15.2. The number of carboxylic acid groups (broad SMARTS) is 1. The molecule has 0 spiro atoms. The van der Waals surface area contributed by atoms with Gasteiger partial charge in [-0.05, 0) is 24.3 Å². The lowest BCUT2D eigenvalue weighted by atomic mass is 10.1. The molecule has 1 heterocycles. The van der Waals surface area contributed by atoms with Gasteiger partial charge in [0.25, 0.3) is 5.91 Å². The van der Waals surface area contributed by atoms with Gasteiger partial charge in [-0.15, -0.1) is 0 Å². The normalized spacial score (nSPS) is 11.9. The Labute approximate surface area is 119 Å². The summed E-state index contributed by atoms with van der Waals surface area (Å²) in [5.74, 6) is -2.64. The summed E-state index contributed by atoms with van der Waals surface area (Å²) in [7, 11) is 0. The fraction of sp³-hybridized carbons (Fsp3) is 0.231. The average Bonchev–Trinajstić information content (AvgIpc) is 2.98. The van der Waals surface area contributed by atoms with Crippen LogP contribution in [-0.4, -0.2) is 38.7 Å². The number of hydrogen-bond acceptors (Lipinski definition) is 4. The number of hydrogen-bond donors (Lipinski definition) is 2. The fourth-order valence-corrected chi connectivity index (χ4v) is 1.69. The molecular formula is C13H13FN4O3. The number of carboxylic acids is 1. The number of aromatic amines is 1. The van der Waals surface area contributed by atoms with Crippen molar-refractivity contribution < 1.29 is 19.1 Å². The molecule has 2 aromatic rings. The quantitative estimate of drug-likeness (QED) is 0.865. The Morgan fingerprint density at radius 3 is 2.57 bits per heavy atom. The first-order valence-electron chi connectivity index (χ1n) is 6.14. The fourth-order valence-electron chi connectivity index (χ4n) is 1.69. The molecule has 1 aromatic heterocycles. The maximum Gasteiger partial charge on any atom is 0.308 e. The van der Waals surface area contributed by atoms with E-state index in [1.54, 1.807) is 0 Å². The minimum Gasteiger partial charge on any atom is -0.481 e. The molecule has 1 atom stereocenters. The largest absolute Gasteiger partial charge is 0.481 e. The maximum absolute atomic E-state index is 12.9. The zero-order chi connectivity index (χ0) is 15.4. The number of anilines is 1. The lowest BCUT2D eigenvalue weighted by molar-refractivity contribution is -0.140. The van der Waals surface area contributed by atoms with Crippen molar-refractivity contribution in [2.24, 2.45) is 5.92 Å². The number of aliphatic carboxylic acids is 1. The lowest BCUT2D eigenvalue weighted by Gasteiger charge is -2.21. The number of amides is 1. The first kappa shape index (κ1) is 14.6. The number of carbonyl (C=O) groups is 2. The highest BCUT2D eigenvalue weighted by atomic mass is 19.1. The van der Waals surface area contributed by atoms with Gasteiger partial charge in [-0.1, -0.05) is 6.92 Å². The molecule has 2 rings (SSSR count).